The first-order chi connectivity index (χ1) is 34.3. The van der Waals surface area contributed by atoms with Crippen LogP contribution in [-0.2, 0) is 58.1 Å². The zero-order valence-corrected chi connectivity index (χ0v) is 47.3. The molecule has 1 aromatic carbocycles. The number of fused-ring (bicyclic) bond motifs is 2. The molecule has 18 nitrogen and oxygen atoms in total. The number of carbonyl (C=O) groups is 5. The summed E-state index contributed by atoms with van der Waals surface area (Å²) in [6.07, 6.45) is 22.0. The molecule has 3 aliphatic heterocycles. The Morgan fingerprint density at radius 1 is 0.973 bits per heavy atom. The van der Waals surface area contributed by atoms with Crippen molar-refractivity contribution in [1.82, 2.24) is 4.90 Å². The summed E-state index contributed by atoms with van der Waals surface area (Å²) in [6.45, 7) is 12.1. The molecule has 4 N–H and O–H groups in total. The monoisotopic (exact) mass is 1230 g/mol. The van der Waals surface area contributed by atoms with Crippen molar-refractivity contribution < 1.29 is 97.5 Å². The van der Waals surface area contributed by atoms with E-state index in [1.54, 1.807) is 19.9 Å². The molecule has 1 saturated carbocycles. The molecule has 2 bridgehead atoms. The second-order valence-electron chi connectivity index (χ2n) is 18.3. The number of hydrogen-bond donors (Lipinski definition) is 4. The Morgan fingerprint density at radius 2 is 1.58 bits per heavy atom. The summed E-state index contributed by atoms with van der Waals surface area (Å²) in [5, 5.41) is 48.3. The van der Waals surface area contributed by atoms with Gasteiger partial charge in [0.15, 0.2) is 6.29 Å². The first-order valence-electron chi connectivity index (χ1n) is 24.9. The van der Waals surface area contributed by atoms with Crippen molar-refractivity contribution in [3.05, 3.63) is 89.9 Å². The number of non-ortho nitro benzene ring substituents is 1. The fraction of sp³-hybridized carbons (Fsp3) is 0.630. The Hall–Kier alpha value is -4.38. The molecule has 4 fully saturated rings. The number of Topliss-reactive ketones (excluding diaryl/α,β-unsaturated/α-hetero) is 3. The van der Waals surface area contributed by atoms with E-state index in [1.807, 2.05) is 31.2 Å². The summed E-state index contributed by atoms with van der Waals surface area (Å²) in [6, 6.07) is 4.76. The van der Waals surface area contributed by atoms with Crippen molar-refractivity contribution in [3.63, 3.8) is 0 Å². The van der Waals surface area contributed by atoms with Crippen molar-refractivity contribution in [2.24, 2.45) is 23.7 Å². The largest absolute Gasteiger partial charge is 1.00 e. The normalized spacial score (nSPS) is 23.4. The molecule has 7 unspecified atom stereocenters. The van der Waals surface area contributed by atoms with Gasteiger partial charge in [-0.3, -0.25) is 29.3 Å². The van der Waals surface area contributed by atoms with E-state index in [0.717, 1.165) is 72.0 Å². The molecule has 5 rings (SSSR count). The molecule has 0 aromatic heterocycles. The minimum Gasteiger partial charge on any atom is -0.431 e. The van der Waals surface area contributed by atoms with E-state index in [4.69, 9.17) is 24.1 Å². The fourth-order valence-corrected chi connectivity index (χ4v) is 8.18. The van der Waals surface area contributed by atoms with Crippen molar-refractivity contribution >= 4 is 35.1 Å². The zero-order chi connectivity index (χ0) is 54.2. The van der Waals surface area contributed by atoms with E-state index in [0.29, 0.717) is 49.8 Å². The van der Waals surface area contributed by atoms with Gasteiger partial charge in [-0.05, 0) is 119 Å². The third-order valence-electron chi connectivity index (χ3n) is 12.8. The van der Waals surface area contributed by atoms with Gasteiger partial charge in [0.25, 0.3) is 17.4 Å². The smallest absolute Gasteiger partial charge is 0.431 e. The number of piperidine rings is 1. The van der Waals surface area contributed by atoms with Crippen molar-refractivity contribution in [2.45, 2.75) is 162 Å². The molecule has 421 valence electrons. The van der Waals surface area contributed by atoms with Crippen LogP contribution in [0.5, 0.6) is 5.75 Å². The van der Waals surface area contributed by atoms with Gasteiger partial charge < -0.3 is 51.7 Å². The fourth-order valence-electron chi connectivity index (χ4n) is 8.18. The number of aliphatic hydroxyl groups is 4. The van der Waals surface area contributed by atoms with Crippen LogP contribution in [0.15, 0.2) is 72.4 Å². The Balaban J connectivity index is 0. The van der Waals surface area contributed by atoms with E-state index in [-0.39, 0.29) is 75.3 Å². The van der Waals surface area contributed by atoms with Crippen LogP contribution in [0.4, 0.5) is 15.0 Å². The summed E-state index contributed by atoms with van der Waals surface area (Å²) in [5.41, 5.74) is 0.643. The van der Waals surface area contributed by atoms with Gasteiger partial charge in [-0.25, -0.2) is 4.79 Å². The molecule has 3 heterocycles. The van der Waals surface area contributed by atoms with E-state index >= 15 is 0 Å². The number of nitro groups is 1. The molecule has 1 aliphatic carbocycles. The number of aliphatic hydroxyl groups excluding tert-OH is 3. The Kier molecular flexibility index (Phi) is 38.7. The van der Waals surface area contributed by atoms with Gasteiger partial charge in [0.05, 0.1) is 37.4 Å². The number of carbonyl (C=O) groups excluding carboxylic acids is 5. The van der Waals surface area contributed by atoms with Gasteiger partial charge >= 0.3 is 25.9 Å². The van der Waals surface area contributed by atoms with Gasteiger partial charge in [0, 0.05) is 50.5 Å². The molecule has 4 aliphatic rings. The number of rotatable bonds is 17. The van der Waals surface area contributed by atoms with Crippen LogP contribution in [0.3, 0.4) is 0 Å². The minimum atomic E-state index is -2.06. The third kappa shape index (κ3) is 26.4. The maximum atomic E-state index is 12.8. The number of nitro benzene ring substituents is 1. The number of ketones is 3. The number of amides is 1. The molecule has 3 saturated heterocycles. The van der Waals surface area contributed by atoms with E-state index in [9.17, 15) is 53.9 Å². The molecule has 0 spiro atoms. The predicted molar refractivity (Wildman–Crippen MR) is 274 cm³/mol. The quantitative estimate of drug-likeness (QED) is 0.0166. The van der Waals surface area contributed by atoms with Crippen LogP contribution in [-0.4, -0.2) is 124 Å². The van der Waals surface area contributed by atoms with E-state index in [2.05, 4.69) is 30.9 Å². The first-order valence-corrected chi connectivity index (χ1v) is 24.9. The standard InChI is InChI=1S/C21H32O3.C17H27NO6.C13H15NO5.CH3FO.CH4O.CH3.Os/c1-5-6-7-8-9-10-11-12-13-17(2)20(23)16-21(24)18(3)14-15-19(4)22;1-10-9-23-16(21)13-8-12(10)5-6-18(13)15(20)14(19)17(22)11(2)4-3-7-24-17;15-13(18-11-4-2-1-3-5-11)19-12-8-6-10(7-9-12)14(16)17;1-3-2;1-2;;/h6-11,14,17,21,24H,5,12-13,15-16H2,1-4H3;10-13,16,21-22H,3-9H2,1-2H3;6-9,11H,1-5H2;1H3;2H,1H3;1H3;/q;;;;;-1;+1/b7-6+,9-8+,11-10+,18-14+;;;;;;/t;10?,11?,12-,13?,16?,17?;;;;;/m.0...../s1. The van der Waals surface area contributed by atoms with Gasteiger partial charge in [-0.2, -0.15) is 4.94 Å². The molecule has 1 radical (unpaired) electrons. The summed E-state index contributed by atoms with van der Waals surface area (Å²) >= 11 is 0. The minimum absolute atomic E-state index is 0. The molecule has 20 heteroatoms. The number of allylic oxidation sites excluding steroid dienone is 7. The average molecular weight is 1230 g/mol. The van der Waals surface area contributed by atoms with Crippen molar-refractivity contribution in [2.75, 3.05) is 34.0 Å². The Morgan fingerprint density at radius 3 is 2.15 bits per heavy atom. The molecule has 74 heavy (non-hydrogen) atoms. The van der Waals surface area contributed by atoms with Crippen LogP contribution in [0.2, 0.25) is 0 Å². The molecule has 8 atom stereocenters. The second-order valence-corrected chi connectivity index (χ2v) is 18.3. The van der Waals surface area contributed by atoms with Crippen molar-refractivity contribution in [1.29, 1.82) is 0 Å². The summed E-state index contributed by atoms with van der Waals surface area (Å²) in [7, 11) is 1.96. The topological polar surface area (TPSA) is 259 Å². The maximum Gasteiger partial charge on any atom is 1.00 e. The summed E-state index contributed by atoms with van der Waals surface area (Å²) < 4.78 is 30.7. The average Bonchev–Trinajstić information content (AvgIpc) is 3.47. The molecular formula is C54H84FN2O16Os. The zero-order valence-electron chi connectivity index (χ0n) is 44.8. The van der Waals surface area contributed by atoms with Crippen LogP contribution in [0, 0.1) is 41.2 Å². The van der Waals surface area contributed by atoms with Gasteiger partial charge in [0.1, 0.15) is 23.4 Å². The maximum absolute atomic E-state index is 12.8. The van der Waals surface area contributed by atoms with Gasteiger partial charge in [0.2, 0.25) is 5.79 Å². The number of hydrogen-bond acceptors (Lipinski definition) is 16. The van der Waals surface area contributed by atoms with E-state index in [1.165, 1.54) is 42.5 Å². The summed E-state index contributed by atoms with van der Waals surface area (Å²) in [5.74, 6) is -3.26. The van der Waals surface area contributed by atoms with Crippen molar-refractivity contribution in [3.8, 4) is 5.75 Å². The number of halogens is 1. The number of ether oxygens (including phenoxy) is 4. The van der Waals surface area contributed by atoms with Gasteiger partial charge in [-0.15, -0.1) is 0 Å². The Labute approximate surface area is 450 Å². The summed E-state index contributed by atoms with van der Waals surface area (Å²) in [4.78, 5) is 74.1. The predicted octanol–water partition coefficient (Wildman–Crippen LogP) is 9.03. The number of nitrogens with zero attached hydrogens (tertiary/aromatic N) is 2. The molecular weight excluding hydrogens is 1140 g/mol. The van der Waals surface area contributed by atoms with E-state index < -0.39 is 52.9 Å². The Bertz CT molecular complexity index is 1920. The second kappa shape index (κ2) is 39.9. The number of benzene rings is 1. The van der Waals surface area contributed by atoms with Crippen LogP contribution in [0.25, 0.3) is 0 Å². The molecule has 1 aromatic rings. The van der Waals surface area contributed by atoms with Crippen LogP contribution >= 0.6 is 0 Å². The SMILES string of the molecule is CC/C=C/C=C/C=C/CCC(C)C(=O)CC(O)/C(C)=C/CC(C)=O.CC1COC(O)C2C[C@@H]1CCN2C(=O)C(=O)C1(O)OCCCC1C.CO.COF.O=C(Oc1ccc([N+](=O)[O-])cc1)OC1CCCCC1.[CH3-].[Os+]. The third-order valence-corrected chi connectivity index (χ3v) is 12.8. The number of likely N-dealkylation sites (tertiary alicyclic amines) is 1. The first kappa shape index (κ1) is 71.7. The molecule has 1 amide bonds. The van der Waals surface area contributed by atoms with Crippen LogP contribution < -0.4 is 4.74 Å². The van der Waals surface area contributed by atoms with Crippen LogP contribution in [0.1, 0.15) is 131 Å². The van der Waals surface area contributed by atoms with Gasteiger partial charge in [-0.1, -0.05) is 76.6 Å².